The molecule has 6 nitrogen and oxygen atoms in total. The molecule has 1 aromatic carbocycles. The van der Waals surface area contributed by atoms with Gasteiger partial charge in [-0.2, -0.15) is 0 Å². The Hall–Kier alpha value is -1.67. The SMILES string of the molecule is CCNC(=NCC(O)c1cc2ccccc2s1)NCCN1CCOCC1. The first-order valence-corrected chi connectivity index (χ1v) is 10.1. The maximum absolute atomic E-state index is 10.5. The van der Waals surface area contributed by atoms with Crippen LogP contribution in [0.15, 0.2) is 35.3 Å². The van der Waals surface area contributed by atoms with Crippen LogP contribution in [-0.4, -0.2) is 68.4 Å². The Morgan fingerprint density at radius 3 is 2.88 bits per heavy atom. The number of fused-ring (bicyclic) bond motifs is 1. The highest BCUT2D eigenvalue weighted by atomic mass is 32.1. The summed E-state index contributed by atoms with van der Waals surface area (Å²) in [5, 5.41) is 18.3. The number of rotatable bonds is 7. The van der Waals surface area contributed by atoms with Crippen molar-refractivity contribution >= 4 is 27.4 Å². The summed E-state index contributed by atoms with van der Waals surface area (Å²) in [7, 11) is 0. The molecule has 26 heavy (non-hydrogen) atoms. The Morgan fingerprint density at radius 1 is 1.31 bits per heavy atom. The van der Waals surface area contributed by atoms with Crippen LogP contribution in [0.1, 0.15) is 17.9 Å². The van der Waals surface area contributed by atoms with Crippen molar-refractivity contribution in [2.24, 2.45) is 4.99 Å². The third kappa shape index (κ3) is 5.41. The number of aliphatic imine (C=N–C) groups is 1. The van der Waals surface area contributed by atoms with Crippen LogP contribution < -0.4 is 10.6 Å². The lowest BCUT2D eigenvalue weighted by atomic mass is 10.2. The number of ether oxygens (including phenoxy) is 1. The Labute approximate surface area is 158 Å². The van der Waals surface area contributed by atoms with Crippen molar-refractivity contribution < 1.29 is 9.84 Å². The second-order valence-corrected chi connectivity index (χ2v) is 7.42. The summed E-state index contributed by atoms with van der Waals surface area (Å²) in [5.74, 6) is 0.751. The van der Waals surface area contributed by atoms with Crippen molar-refractivity contribution in [3.8, 4) is 0 Å². The fraction of sp³-hybridized carbons (Fsp3) is 0.526. The van der Waals surface area contributed by atoms with Gasteiger partial charge >= 0.3 is 0 Å². The molecule has 1 aliphatic rings. The van der Waals surface area contributed by atoms with Gasteiger partial charge in [-0.1, -0.05) is 18.2 Å². The fourth-order valence-corrected chi connectivity index (χ4v) is 3.98. The molecule has 1 unspecified atom stereocenters. The van der Waals surface area contributed by atoms with Gasteiger partial charge in [0.05, 0.1) is 19.8 Å². The Bertz CT molecular complexity index is 679. The van der Waals surface area contributed by atoms with Crippen LogP contribution in [0, 0.1) is 0 Å². The molecule has 0 aliphatic carbocycles. The zero-order chi connectivity index (χ0) is 18.2. The third-order valence-electron chi connectivity index (χ3n) is 4.36. The zero-order valence-corrected chi connectivity index (χ0v) is 16.1. The molecule has 0 spiro atoms. The van der Waals surface area contributed by atoms with Crippen molar-refractivity contribution in [1.82, 2.24) is 15.5 Å². The van der Waals surface area contributed by atoms with E-state index in [1.807, 2.05) is 19.1 Å². The van der Waals surface area contributed by atoms with E-state index >= 15 is 0 Å². The van der Waals surface area contributed by atoms with Gasteiger partial charge in [-0.25, -0.2) is 0 Å². The summed E-state index contributed by atoms with van der Waals surface area (Å²) in [4.78, 5) is 7.89. The molecule has 0 amide bonds. The molecule has 7 heteroatoms. The van der Waals surface area contributed by atoms with Gasteiger partial charge in [-0.3, -0.25) is 9.89 Å². The van der Waals surface area contributed by atoms with Gasteiger partial charge in [0.25, 0.3) is 0 Å². The molecule has 142 valence electrons. The number of morpholine rings is 1. The average molecular weight is 377 g/mol. The van der Waals surface area contributed by atoms with E-state index in [0.717, 1.165) is 56.8 Å². The lowest BCUT2D eigenvalue weighted by molar-refractivity contribution is 0.0389. The monoisotopic (exact) mass is 376 g/mol. The molecule has 3 N–H and O–H groups in total. The lowest BCUT2D eigenvalue weighted by Crippen LogP contribution is -2.44. The smallest absolute Gasteiger partial charge is 0.191 e. The standard InChI is InChI=1S/C19H28N4O2S/c1-2-20-19(21-7-8-23-9-11-25-12-10-23)22-14-16(24)18-13-15-5-3-4-6-17(15)26-18/h3-6,13,16,24H,2,7-12,14H2,1H3,(H2,20,21,22). The van der Waals surface area contributed by atoms with Gasteiger partial charge in [0.15, 0.2) is 5.96 Å². The van der Waals surface area contributed by atoms with Crippen LogP contribution in [0.4, 0.5) is 0 Å². The molecule has 0 saturated carbocycles. The predicted molar refractivity (Wildman–Crippen MR) is 108 cm³/mol. The minimum absolute atomic E-state index is 0.347. The Kier molecular flexibility index (Phi) is 7.25. The van der Waals surface area contributed by atoms with E-state index in [-0.39, 0.29) is 0 Å². The highest BCUT2D eigenvalue weighted by Gasteiger charge is 2.12. The first-order valence-electron chi connectivity index (χ1n) is 9.25. The fourth-order valence-electron chi connectivity index (χ4n) is 2.93. The number of nitrogens with one attached hydrogen (secondary N) is 2. The van der Waals surface area contributed by atoms with Crippen molar-refractivity contribution in [2.75, 3.05) is 52.5 Å². The summed E-state index contributed by atoms with van der Waals surface area (Å²) in [6.45, 7) is 8.58. The summed E-state index contributed by atoms with van der Waals surface area (Å²) in [5.41, 5.74) is 0. The van der Waals surface area contributed by atoms with E-state index in [0.29, 0.717) is 6.54 Å². The average Bonchev–Trinajstić information content (AvgIpc) is 3.11. The van der Waals surface area contributed by atoms with Crippen LogP contribution in [0.5, 0.6) is 0 Å². The van der Waals surface area contributed by atoms with Crippen LogP contribution in [-0.2, 0) is 4.74 Å². The van der Waals surface area contributed by atoms with E-state index in [1.54, 1.807) is 11.3 Å². The molecule has 1 aliphatic heterocycles. The van der Waals surface area contributed by atoms with Crippen molar-refractivity contribution in [2.45, 2.75) is 13.0 Å². The molecule has 0 bridgehead atoms. The van der Waals surface area contributed by atoms with Gasteiger partial charge in [0.2, 0.25) is 0 Å². The molecule has 2 aromatic rings. The van der Waals surface area contributed by atoms with E-state index in [9.17, 15) is 5.11 Å². The van der Waals surface area contributed by atoms with Crippen LogP contribution >= 0.6 is 11.3 Å². The molecule has 0 radical (unpaired) electrons. The maximum atomic E-state index is 10.5. The number of hydrogen-bond donors (Lipinski definition) is 3. The van der Waals surface area contributed by atoms with Crippen molar-refractivity contribution in [1.29, 1.82) is 0 Å². The van der Waals surface area contributed by atoms with E-state index in [1.165, 1.54) is 10.1 Å². The van der Waals surface area contributed by atoms with E-state index in [2.05, 4.69) is 38.7 Å². The number of nitrogens with zero attached hydrogens (tertiary/aromatic N) is 2. The normalized spacial score (nSPS) is 17.4. The van der Waals surface area contributed by atoms with Crippen LogP contribution in [0.3, 0.4) is 0 Å². The van der Waals surface area contributed by atoms with E-state index in [4.69, 9.17) is 4.74 Å². The second kappa shape index (κ2) is 9.87. The minimum atomic E-state index is -0.581. The Balaban J connectivity index is 1.52. The van der Waals surface area contributed by atoms with Crippen molar-refractivity contribution in [3.63, 3.8) is 0 Å². The number of aliphatic hydroxyl groups excluding tert-OH is 1. The van der Waals surface area contributed by atoms with Crippen LogP contribution in [0.25, 0.3) is 10.1 Å². The number of hydrogen-bond acceptors (Lipinski definition) is 5. The molecule has 2 heterocycles. The molecular formula is C19H28N4O2S. The molecule has 1 atom stereocenters. The predicted octanol–water partition coefficient (Wildman–Crippen LogP) is 1.82. The molecular weight excluding hydrogens is 348 g/mol. The summed E-state index contributed by atoms with van der Waals surface area (Å²) in [6.07, 6.45) is -0.581. The quantitative estimate of drug-likeness (QED) is 0.508. The minimum Gasteiger partial charge on any atom is -0.386 e. The van der Waals surface area contributed by atoms with Gasteiger partial charge in [-0.05, 0) is 24.4 Å². The van der Waals surface area contributed by atoms with Gasteiger partial charge in [0.1, 0.15) is 6.10 Å². The Morgan fingerprint density at radius 2 is 2.12 bits per heavy atom. The summed E-state index contributed by atoms with van der Waals surface area (Å²) in [6, 6.07) is 10.2. The first-order chi connectivity index (χ1) is 12.8. The highest BCUT2D eigenvalue weighted by molar-refractivity contribution is 7.19. The number of guanidine groups is 1. The van der Waals surface area contributed by atoms with Gasteiger partial charge < -0.3 is 20.5 Å². The number of benzene rings is 1. The summed E-state index contributed by atoms with van der Waals surface area (Å²) < 4.78 is 6.56. The molecule has 1 aromatic heterocycles. The third-order valence-corrected chi connectivity index (χ3v) is 5.58. The topological polar surface area (TPSA) is 69.1 Å². The highest BCUT2D eigenvalue weighted by Crippen LogP contribution is 2.29. The zero-order valence-electron chi connectivity index (χ0n) is 15.3. The first kappa shape index (κ1) is 19.1. The second-order valence-electron chi connectivity index (χ2n) is 6.30. The van der Waals surface area contributed by atoms with Gasteiger partial charge in [-0.15, -0.1) is 11.3 Å². The van der Waals surface area contributed by atoms with Crippen LogP contribution in [0.2, 0.25) is 0 Å². The number of thiophene rings is 1. The number of aliphatic hydroxyl groups is 1. The van der Waals surface area contributed by atoms with Gasteiger partial charge in [0, 0.05) is 42.3 Å². The lowest BCUT2D eigenvalue weighted by Gasteiger charge is -2.26. The largest absolute Gasteiger partial charge is 0.386 e. The van der Waals surface area contributed by atoms with Crippen molar-refractivity contribution in [3.05, 3.63) is 35.2 Å². The molecule has 1 fully saturated rings. The molecule has 3 rings (SSSR count). The summed E-state index contributed by atoms with van der Waals surface area (Å²) >= 11 is 1.63. The maximum Gasteiger partial charge on any atom is 0.191 e. The molecule has 1 saturated heterocycles. The van der Waals surface area contributed by atoms with E-state index < -0.39 is 6.10 Å².